The lowest BCUT2D eigenvalue weighted by Gasteiger charge is -2.20. The molecule has 1 aromatic rings. The highest BCUT2D eigenvalue weighted by Crippen LogP contribution is 2.11. The Balaban J connectivity index is 2.49. The van der Waals surface area contributed by atoms with Crippen LogP contribution in [0.25, 0.3) is 0 Å². The maximum Gasteiger partial charge on any atom is 0.149 e. The van der Waals surface area contributed by atoms with Gasteiger partial charge in [0.1, 0.15) is 12.2 Å². The van der Waals surface area contributed by atoms with Gasteiger partial charge in [0.25, 0.3) is 0 Å². The monoisotopic (exact) mass is 210 g/mol. The Labute approximate surface area is 92.1 Å². The fourth-order valence-corrected chi connectivity index (χ4v) is 1.96. The lowest BCUT2D eigenvalue weighted by atomic mass is 10.0. The average Bonchev–Trinajstić information content (AvgIpc) is 2.49. The molecule has 0 aliphatic carbocycles. The van der Waals surface area contributed by atoms with E-state index in [2.05, 4.69) is 43.2 Å². The van der Waals surface area contributed by atoms with E-state index in [1.54, 1.807) is 6.33 Å². The maximum absolute atomic E-state index is 4.10. The van der Waals surface area contributed by atoms with E-state index in [-0.39, 0.29) is 6.04 Å². The summed E-state index contributed by atoms with van der Waals surface area (Å²) in [6.45, 7) is 8.82. The van der Waals surface area contributed by atoms with E-state index in [1.807, 2.05) is 11.6 Å². The zero-order valence-corrected chi connectivity index (χ0v) is 10.4. The first-order valence-electron chi connectivity index (χ1n) is 5.60. The Bertz CT molecular complexity index is 293. The molecule has 4 nitrogen and oxygen atoms in total. The van der Waals surface area contributed by atoms with Crippen LogP contribution in [0.3, 0.4) is 0 Å². The number of nitrogens with one attached hydrogen (secondary N) is 1. The van der Waals surface area contributed by atoms with Crippen LogP contribution in [-0.4, -0.2) is 20.8 Å². The molecule has 0 saturated carbocycles. The first-order chi connectivity index (χ1) is 7.00. The molecule has 1 rings (SSSR count). The SMILES string of the molecule is CC(C)CC(C)NC(C)c1nncn1C. The molecule has 0 fully saturated rings. The van der Waals surface area contributed by atoms with Gasteiger partial charge in [-0.1, -0.05) is 13.8 Å². The van der Waals surface area contributed by atoms with Crippen LogP contribution in [0.15, 0.2) is 6.33 Å². The third kappa shape index (κ3) is 3.63. The van der Waals surface area contributed by atoms with Crippen molar-refractivity contribution < 1.29 is 0 Å². The Morgan fingerprint density at radius 3 is 2.47 bits per heavy atom. The van der Waals surface area contributed by atoms with Crippen LogP contribution < -0.4 is 5.32 Å². The highest BCUT2D eigenvalue weighted by Gasteiger charge is 2.14. The second-order valence-corrected chi connectivity index (χ2v) is 4.72. The topological polar surface area (TPSA) is 42.7 Å². The van der Waals surface area contributed by atoms with E-state index in [1.165, 1.54) is 6.42 Å². The van der Waals surface area contributed by atoms with Gasteiger partial charge in [0.2, 0.25) is 0 Å². The Morgan fingerprint density at radius 2 is 2.00 bits per heavy atom. The summed E-state index contributed by atoms with van der Waals surface area (Å²) in [7, 11) is 1.97. The van der Waals surface area contributed by atoms with Gasteiger partial charge < -0.3 is 9.88 Å². The third-order valence-electron chi connectivity index (χ3n) is 2.49. The molecule has 1 heterocycles. The van der Waals surface area contributed by atoms with E-state index < -0.39 is 0 Å². The molecule has 4 heteroatoms. The van der Waals surface area contributed by atoms with Gasteiger partial charge in [-0.25, -0.2) is 0 Å². The zero-order chi connectivity index (χ0) is 11.4. The van der Waals surface area contributed by atoms with E-state index in [0.717, 1.165) is 11.7 Å². The molecule has 0 aliphatic heterocycles. The number of aryl methyl sites for hydroxylation is 1. The fraction of sp³-hybridized carbons (Fsp3) is 0.818. The minimum Gasteiger partial charge on any atom is -0.319 e. The maximum atomic E-state index is 4.10. The largest absolute Gasteiger partial charge is 0.319 e. The first kappa shape index (κ1) is 12.2. The third-order valence-corrected chi connectivity index (χ3v) is 2.49. The molecule has 0 spiro atoms. The van der Waals surface area contributed by atoms with Gasteiger partial charge >= 0.3 is 0 Å². The van der Waals surface area contributed by atoms with Crippen LogP contribution in [0.4, 0.5) is 0 Å². The molecule has 0 bridgehead atoms. The van der Waals surface area contributed by atoms with E-state index >= 15 is 0 Å². The molecule has 0 aliphatic rings. The van der Waals surface area contributed by atoms with E-state index in [9.17, 15) is 0 Å². The van der Waals surface area contributed by atoms with Crippen molar-refractivity contribution in [2.45, 2.75) is 46.2 Å². The number of rotatable bonds is 5. The van der Waals surface area contributed by atoms with Crippen molar-refractivity contribution in [1.82, 2.24) is 20.1 Å². The molecule has 0 saturated heterocycles. The van der Waals surface area contributed by atoms with Gasteiger partial charge in [0, 0.05) is 13.1 Å². The van der Waals surface area contributed by atoms with Crippen molar-refractivity contribution in [2.24, 2.45) is 13.0 Å². The number of hydrogen-bond acceptors (Lipinski definition) is 3. The Hall–Kier alpha value is -0.900. The minimum absolute atomic E-state index is 0.256. The minimum atomic E-state index is 0.256. The van der Waals surface area contributed by atoms with Crippen LogP contribution >= 0.6 is 0 Å². The van der Waals surface area contributed by atoms with Gasteiger partial charge in [-0.15, -0.1) is 10.2 Å². The second kappa shape index (κ2) is 5.26. The summed E-state index contributed by atoms with van der Waals surface area (Å²) in [6.07, 6.45) is 2.92. The van der Waals surface area contributed by atoms with Crippen molar-refractivity contribution in [3.63, 3.8) is 0 Å². The molecule has 1 N–H and O–H groups in total. The normalized spacial score (nSPS) is 15.6. The van der Waals surface area contributed by atoms with Crippen LogP contribution in [0.5, 0.6) is 0 Å². The van der Waals surface area contributed by atoms with Crippen LogP contribution in [0, 0.1) is 5.92 Å². The van der Waals surface area contributed by atoms with Gasteiger partial charge in [0.05, 0.1) is 6.04 Å². The van der Waals surface area contributed by atoms with Gasteiger partial charge in [-0.05, 0) is 26.2 Å². The second-order valence-electron chi connectivity index (χ2n) is 4.72. The summed E-state index contributed by atoms with van der Waals surface area (Å²) < 4.78 is 1.96. The van der Waals surface area contributed by atoms with E-state index in [0.29, 0.717) is 6.04 Å². The molecule has 1 aromatic heterocycles. The molecule has 2 unspecified atom stereocenters. The summed E-state index contributed by atoms with van der Waals surface area (Å²) in [5.74, 6) is 1.71. The Morgan fingerprint density at radius 1 is 1.33 bits per heavy atom. The lowest BCUT2D eigenvalue weighted by Crippen LogP contribution is -2.31. The van der Waals surface area contributed by atoms with Crippen LogP contribution in [0.1, 0.15) is 46.0 Å². The summed E-state index contributed by atoms with van der Waals surface area (Å²) in [5.41, 5.74) is 0. The van der Waals surface area contributed by atoms with Gasteiger partial charge in [-0.3, -0.25) is 0 Å². The first-order valence-corrected chi connectivity index (χ1v) is 5.60. The van der Waals surface area contributed by atoms with Crippen LogP contribution in [0.2, 0.25) is 0 Å². The molecular weight excluding hydrogens is 188 g/mol. The molecule has 0 radical (unpaired) electrons. The summed E-state index contributed by atoms with van der Waals surface area (Å²) >= 11 is 0. The van der Waals surface area contributed by atoms with Gasteiger partial charge in [-0.2, -0.15) is 0 Å². The number of nitrogens with zero attached hydrogens (tertiary/aromatic N) is 3. The molecule has 2 atom stereocenters. The van der Waals surface area contributed by atoms with Crippen molar-refractivity contribution in [1.29, 1.82) is 0 Å². The van der Waals surface area contributed by atoms with E-state index in [4.69, 9.17) is 0 Å². The average molecular weight is 210 g/mol. The Kier molecular flexibility index (Phi) is 4.27. The molecule has 86 valence electrons. The standard InChI is InChI=1S/C11H22N4/c1-8(2)6-9(3)13-10(4)11-14-12-7-15(11)5/h7-10,13H,6H2,1-5H3. The smallest absolute Gasteiger partial charge is 0.149 e. The van der Waals surface area contributed by atoms with Crippen LogP contribution in [-0.2, 0) is 7.05 Å². The van der Waals surface area contributed by atoms with Crippen molar-refractivity contribution in [3.05, 3.63) is 12.2 Å². The van der Waals surface area contributed by atoms with Crippen molar-refractivity contribution in [2.75, 3.05) is 0 Å². The van der Waals surface area contributed by atoms with Gasteiger partial charge in [0.15, 0.2) is 0 Å². The lowest BCUT2D eigenvalue weighted by molar-refractivity contribution is 0.394. The highest BCUT2D eigenvalue weighted by molar-refractivity contribution is 4.92. The number of hydrogen-bond donors (Lipinski definition) is 1. The summed E-state index contributed by atoms with van der Waals surface area (Å²) in [6, 6.07) is 0.767. The molecular formula is C11H22N4. The highest BCUT2D eigenvalue weighted by atomic mass is 15.3. The fourth-order valence-electron chi connectivity index (χ4n) is 1.96. The summed E-state index contributed by atoms with van der Waals surface area (Å²) in [4.78, 5) is 0. The predicted molar refractivity (Wildman–Crippen MR) is 61.5 cm³/mol. The van der Waals surface area contributed by atoms with Crippen molar-refractivity contribution >= 4 is 0 Å². The number of aromatic nitrogens is 3. The predicted octanol–water partition coefficient (Wildman–Crippen LogP) is 1.90. The molecule has 0 aromatic carbocycles. The molecule has 15 heavy (non-hydrogen) atoms. The summed E-state index contributed by atoms with van der Waals surface area (Å²) in [5, 5.41) is 11.5. The zero-order valence-electron chi connectivity index (χ0n) is 10.4. The molecule has 0 amide bonds. The van der Waals surface area contributed by atoms with Crippen molar-refractivity contribution in [3.8, 4) is 0 Å². The quantitative estimate of drug-likeness (QED) is 0.807.